The first kappa shape index (κ1) is 11.6. The van der Waals surface area contributed by atoms with Crippen LogP contribution >= 0.6 is 11.8 Å². The van der Waals surface area contributed by atoms with Gasteiger partial charge in [-0.25, -0.2) is 0 Å². The Morgan fingerprint density at radius 3 is 2.94 bits per heavy atom. The number of amides is 2. The topological polar surface area (TPSA) is 75.4 Å². The van der Waals surface area contributed by atoms with Crippen LogP contribution in [0.1, 0.15) is 6.42 Å². The monoisotopic (exact) mass is 263 g/mol. The first-order valence-electron chi connectivity index (χ1n) is 5.76. The maximum Gasteiger partial charge on any atom is 0.234 e. The number of anilines is 2. The Labute approximate surface area is 109 Å². The van der Waals surface area contributed by atoms with Gasteiger partial charge >= 0.3 is 0 Å². The third kappa shape index (κ3) is 1.97. The van der Waals surface area contributed by atoms with Crippen molar-refractivity contribution in [2.45, 2.75) is 17.4 Å². The number of hydrogen-bond donors (Lipinski definition) is 2. The molecule has 3 N–H and O–H groups in total. The van der Waals surface area contributed by atoms with Gasteiger partial charge in [0.1, 0.15) is 0 Å². The lowest BCUT2D eigenvalue weighted by Crippen LogP contribution is -2.28. The Bertz CT molecular complexity index is 532. The van der Waals surface area contributed by atoms with Crippen molar-refractivity contribution in [3.05, 3.63) is 18.2 Å². The largest absolute Gasteiger partial charge is 0.326 e. The molecular formula is C12H13N3O2S. The molecule has 1 fully saturated rings. The molecule has 2 heterocycles. The van der Waals surface area contributed by atoms with E-state index >= 15 is 0 Å². The predicted octanol–water partition coefficient (Wildman–Crippen LogP) is 0.795. The van der Waals surface area contributed by atoms with Gasteiger partial charge in [0.2, 0.25) is 11.8 Å². The number of carbonyl (C=O) groups is 2. The van der Waals surface area contributed by atoms with Crippen molar-refractivity contribution in [1.82, 2.24) is 0 Å². The van der Waals surface area contributed by atoms with E-state index in [-0.39, 0.29) is 17.9 Å². The maximum absolute atomic E-state index is 11.8. The second-order valence-corrected chi connectivity index (χ2v) is 5.50. The Morgan fingerprint density at radius 1 is 1.39 bits per heavy atom. The molecule has 0 saturated carbocycles. The van der Waals surface area contributed by atoms with Gasteiger partial charge in [-0.15, -0.1) is 11.8 Å². The van der Waals surface area contributed by atoms with Gasteiger partial charge < -0.3 is 16.0 Å². The highest BCUT2D eigenvalue weighted by atomic mass is 32.2. The van der Waals surface area contributed by atoms with Crippen molar-refractivity contribution in [2.75, 3.05) is 22.5 Å². The summed E-state index contributed by atoms with van der Waals surface area (Å²) in [7, 11) is 0. The van der Waals surface area contributed by atoms with Crippen LogP contribution < -0.4 is 16.0 Å². The number of rotatable bonds is 1. The van der Waals surface area contributed by atoms with Gasteiger partial charge in [-0.3, -0.25) is 9.59 Å². The molecule has 3 rings (SSSR count). The average molecular weight is 263 g/mol. The predicted molar refractivity (Wildman–Crippen MR) is 70.7 cm³/mol. The summed E-state index contributed by atoms with van der Waals surface area (Å²) in [5, 5.41) is 2.82. The summed E-state index contributed by atoms with van der Waals surface area (Å²) in [6.45, 7) is 0.540. The summed E-state index contributed by atoms with van der Waals surface area (Å²) in [4.78, 5) is 25.8. The Kier molecular flexibility index (Phi) is 2.76. The number of nitrogens with one attached hydrogen (secondary N) is 1. The average Bonchev–Trinajstić information content (AvgIpc) is 2.67. The van der Waals surface area contributed by atoms with Crippen LogP contribution in [0.3, 0.4) is 0 Å². The van der Waals surface area contributed by atoms with E-state index in [1.165, 1.54) is 11.8 Å². The van der Waals surface area contributed by atoms with Crippen molar-refractivity contribution in [2.24, 2.45) is 5.73 Å². The molecule has 1 aromatic carbocycles. The third-order valence-electron chi connectivity index (χ3n) is 3.06. The highest BCUT2D eigenvalue weighted by Gasteiger charge is 2.28. The number of hydrogen-bond acceptors (Lipinski definition) is 4. The molecule has 0 aliphatic carbocycles. The number of carbonyl (C=O) groups excluding carboxylic acids is 2. The van der Waals surface area contributed by atoms with E-state index in [0.717, 1.165) is 16.3 Å². The standard InChI is InChI=1S/C12H13N3O2S/c13-7-3-12(17)15(5-7)8-1-2-10-9(4-8)14-11(16)6-18-10/h1-2,4,7H,3,5-6,13H2,(H,14,16). The molecule has 2 aliphatic heterocycles. The van der Waals surface area contributed by atoms with Crippen molar-refractivity contribution in [3.63, 3.8) is 0 Å². The molecule has 6 heteroatoms. The number of nitrogens with two attached hydrogens (primary N) is 1. The lowest BCUT2D eigenvalue weighted by Gasteiger charge is -2.21. The molecule has 5 nitrogen and oxygen atoms in total. The molecule has 0 bridgehead atoms. The number of thioether (sulfide) groups is 1. The molecule has 0 aromatic heterocycles. The summed E-state index contributed by atoms with van der Waals surface area (Å²) >= 11 is 1.51. The molecule has 1 saturated heterocycles. The van der Waals surface area contributed by atoms with Gasteiger partial charge in [-0.2, -0.15) is 0 Å². The third-order valence-corrected chi connectivity index (χ3v) is 4.14. The summed E-state index contributed by atoms with van der Waals surface area (Å²) in [6.07, 6.45) is 0.387. The molecule has 18 heavy (non-hydrogen) atoms. The molecule has 1 aromatic rings. The van der Waals surface area contributed by atoms with Crippen LogP contribution in [-0.2, 0) is 9.59 Å². The Morgan fingerprint density at radius 2 is 2.22 bits per heavy atom. The first-order chi connectivity index (χ1) is 8.63. The first-order valence-corrected chi connectivity index (χ1v) is 6.75. The van der Waals surface area contributed by atoms with Gasteiger partial charge in [0.15, 0.2) is 0 Å². The highest BCUT2D eigenvalue weighted by molar-refractivity contribution is 8.00. The van der Waals surface area contributed by atoms with Crippen LogP contribution in [0.4, 0.5) is 11.4 Å². The summed E-state index contributed by atoms with van der Waals surface area (Å²) in [6, 6.07) is 5.58. The molecule has 94 valence electrons. The second-order valence-electron chi connectivity index (χ2n) is 4.49. The quantitative estimate of drug-likeness (QED) is 0.785. The summed E-state index contributed by atoms with van der Waals surface area (Å²) in [5.41, 5.74) is 7.36. The van der Waals surface area contributed by atoms with E-state index in [4.69, 9.17) is 5.73 Å². The normalized spacial score (nSPS) is 22.9. The molecule has 0 radical (unpaired) electrons. The van der Waals surface area contributed by atoms with Crippen LogP contribution in [0.5, 0.6) is 0 Å². The van der Waals surface area contributed by atoms with E-state index < -0.39 is 0 Å². The molecule has 1 atom stereocenters. The molecule has 2 aliphatic rings. The molecule has 1 unspecified atom stereocenters. The summed E-state index contributed by atoms with van der Waals surface area (Å²) in [5.74, 6) is 0.478. The smallest absolute Gasteiger partial charge is 0.234 e. The van der Waals surface area contributed by atoms with Gasteiger partial charge in [0, 0.05) is 29.6 Å². The lowest BCUT2D eigenvalue weighted by molar-refractivity contribution is -0.117. The van der Waals surface area contributed by atoms with Crippen molar-refractivity contribution >= 4 is 35.0 Å². The van der Waals surface area contributed by atoms with Crippen molar-refractivity contribution in [3.8, 4) is 0 Å². The zero-order valence-electron chi connectivity index (χ0n) is 9.68. The fourth-order valence-corrected chi connectivity index (χ4v) is 3.01. The zero-order valence-corrected chi connectivity index (χ0v) is 10.5. The van der Waals surface area contributed by atoms with Crippen molar-refractivity contribution in [1.29, 1.82) is 0 Å². The minimum absolute atomic E-state index is 0.00546. The zero-order chi connectivity index (χ0) is 12.7. The summed E-state index contributed by atoms with van der Waals surface area (Å²) < 4.78 is 0. The second kappa shape index (κ2) is 4.29. The minimum atomic E-state index is -0.0995. The number of fused-ring (bicyclic) bond motifs is 1. The SMILES string of the molecule is NC1CC(=O)N(c2ccc3c(c2)NC(=O)CS3)C1. The van der Waals surface area contributed by atoms with Gasteiger partial charge in [-0.1, -0.05) is 0 Å². The Hall–Kier alpha value is -1.53. The van der Waals surface area contributed by atoms with E-state index in [1.807, 2.05) is 18.2 Å². The van der Waals surface area contributed by atoms with E-state index in [2.05, 4.69) is 5.32 Å². The minimum Gasteiger partial charge on any atom is -0.326 e. The molecule has 2 amide bonds. The van der Waals surface area contributed by atoms with Gasteiger partial charge in [-0.05, 0) is 18.2 Å². The highest BCUT2D eigenvalue weighted by Crippen LogP contribution is 2.35. The fraction of sp³-hybridized carbons (Fsp3) is 0.333. The van der Waals surface area contributed by atoms with Crippen LogP contribution in [0.2, 0.25) is 0 Å². The molecule has 0 spiro atoms. The Balaban J connectivity index is 1.92. The maximum atomic E-state index is 11.8. The molecular weight excluding hydrogens is 250 g/mol. The van der Waals surface area contributed by atoms with Crippen LogP contribution in [-0.4, -0.2) is 30.2 Å². The van der Waals surface area contributed by atoms with Crippen molar-refractivity contribution < 1.29 is 9.59 Å². The van der Waals surface area contributed by atoms with Gasteiger partial charge in [0.25, 0.3) is 0 Å². The number of nitrogens with zero attached hydrogens (tertiary/aromatic N) is 1. The van der Waals surface area contributed by atoms with E-state index in [9.17, 15) is 9.59 Å². The fourth-order valence-electron chi connectivity index (χ4n) is 2.22. The van der Waals surface area contributed by atoms with Crippen LogP contribution in [0.25, 0.3) is 0 Å². The van der Waals surface area contributed by atoms with Crippen LogP contribution in [0.15, 0.2) is 23.1 Å². The number of benzene rings is 1. The van der Waals surface area contributed by atoms with Crippen LogP contribution in [0, 0.1) is 0 Å². The van der Waals surface area contributed by atoms with E-state index in [1.54, 1.807) is 4.90 Å². The van der Waals surface area contributed by atoms with Gasteiger partial charge in [0.05, 0.1) is 11.4 Å². The lowest BCUT2D eigenvalue weighted by atomic mass is 10.2. The van der Waals surface area contributed by atoms with E-state index in [0.29, 0.717) is 18.7 Å².